The van der Waals surface area contributed by atoms with Crippen molar-refractivity contribution < 1.29 is 0 Å². The number of rotatable bonds is 11. The van der Waals surface area contributed by atoms with Gasteiger partial charge in [-0.2, -0.15) is 0 Å². The van der Waals surface area contributed by atoms with E-state index >= 15 is 0 Å². The number of nitrogens with zero attached hydrogens (tertiary/aromatic N) is 1. The van der Waals surface area contributed by atoms with Gasteiger partial charge in [-0.05, 0) is 48.4 Å². The van der Waals surface area contributed by atoms with Crippen LogP contribution in [0.3, 0.4) is 0 Å². The van der Waals surface area contributed by atoms with Gasteiger partial charge in [0.25, 0.3) is 0 Å². The Morgan fingerprint density at radius 3 is 2.67 bits per heavy atom. The average Bonchev–Trinajstić information content (AvgIpc) is 2.63. The minimum absolute atomic E-state index is 0.382. The van der Waals surface area contributed by atoms with Gasteiger partial charge >= 0.3 is 0 Å². The highest BCUT2D eigenvalue weighted by Crippen LogP contribution is 2.32. The number of aromatic nitrogens is 1. The number of thioether (sulfide) groups is 1. The third kappa shape index (κ3) is 6.86. The second-order valence-corrected chi connectivity index (χ2v) is 8.07. The van der Waals surface area contributed by atoms with E-state index in [0.29, 0.717) is 12.6 Å². The Morgan fingerprint density at radius 2 is 1.96 bits per heavy atom. The summed E-state index contributed by atoms with van der Waals surface area (Å²) >= 11 is 1.60. The molecular weight excluding hydrogens is 352 g/mol. The molecule has 5 heteroatoms. The van der Waals surface area contributed by atoms with Crippen molar-refractivity contribution >= 4 is 33.3 Å². The van der Waals surface area contributed by atoms with Gasteiger partial charge in [-0.1, -0.05) is 50.6 Å². The number of pyridine rings is 1. The van der Waals surface area contributed by atoms with Gasteiger partial charge in [-0.3, -0.25) is 0 Å². The van der Waals surface area contributed by atoms with E-state index in [0.717, 1.165) is 50.8 Å². The monoisotopic (exact) mass is 382 g/mol. The van der Waals surface area contributed by atoms with E-state index in [1.54, 1.807) is 11.8 Å². The molecular formula is C22H30N4S. The largest absolute Gasteiger partial charge is 0.343 e. The molecule has 0 aliphatic heterocycles. The zero-order valence-corrected chi connectivity index (χ0v) is 17.4. The van der Waals surface area contributed by atoms with Crippen molar-refractivity contribution in [2.45, 2.75) is 26.8 Å². The van der Waals surface area contributed by atoms with Crippen LogP contribution in [0.2, 0.25) is 0 Å². The highest BCUT2D eigenvalue weighted by Gasteiger charge is 2.05. The highest BCUT2D eigenvalue weighted by molar-refractivity contribution is 8.11. The first kappa shape index (κ1) is 21.2. The first-order chi connectivity index (χ1) is 12.9. The average molecular weight is 383 g/mol. The maximum Gasteiger partial charge on any atom is 0.130 e. The number of benzene rings is 1. The fraction of sp³-hybridized carbons (Fsp3) is 0.318. The summed E-state index contributed by atoms with van der Waals surface area (Å²) in [4.78, 5) is 6.52. The van der Waals surface area contributed by atoms with Gasteiger partial charge in [0.05, 0.1) is 0 Å². The molecule has 4 nitrogen and oxygen atoms in total. The van der Waals surface area contributed by atoms with Crippen LogP contribution in [0, 0.1) is 0 Å². The maximum atomic E-state index is 4.49. The van der Waals surface area contributed by atoms with E-state index in [4.69, 9.17) is 0 Å². The zero-order chi connectivity index (χ0) is 19.8. The summed E-state index contributed by atoms with van der Waals surface area (Å²) in [5, 5.41) is 12.3. The summed E-state index contributed by atoms with van der Waals surface area (Å²) in [6.45, 7) is 21.0. The fourth-order valence-electron chi connectivity index (χ4n) is 2.61. The van der Waals surface area contributed by atoms with Gasteiger partial charge in [0.15, 0.2) is 0 Å². The Bertz CT molecular complexity index is 828. The fourth-order valence-corrected chi connectivity index (χ4v) is 3.27. The first-order valence-corrected chi connectivity index (χ1v) is 10.0. The summed E-state index contributed by atoms with van der Waals surface area (Å²) in [5.41, 5.74) is 1.99. The van der Waals surface area contributed by atoms with Crippen molar-refractivity contribution in [2.75, 3.05) is 25.0 Å². The summed E-state index contributed by atoms with van der Waals surface area (Å²) in [6.07, 6.45) is 1.88. The van der Waals surface area contributed by atoms with Crippen molar-refractivity contribution in [3.8, 4) is 0 Å². The molecule has 1 heterocycles. The third-order valence-corrected chi connectivity index (χ3v) is 4.84. The minimum atomic E-state index is 0.382. The Morgan fingerprint density at radius 1 is 1.19 bits per heavy atom. The second-order valence-electron chi connectivity index (χ2n) is 6.68. The number of likely N-dealkylation sites (N-methyl/N-ethyl adjacent to an activating group) is 1. The number of allylic oxidation sites excluding steroid dienone is 1. The molecule has 0 saturated heterocycles. The molecule has 1 unspecified atom stereocenters. The molecule has 1 aromatic heterocycles. The van der Waals surface area contributed by atoms with Crippen molar-refractivity contribution in [2.24, 2.45) is 0 Å². The van der Waals surface area contributed by atoms with Crippen molar-refractivity contribution in [1.29, 1.82) is 0 Å². The molecule has 0 fully saturated rings. The summed E-state index contributed by atoms with van der Waals surface area (Å²) in [5.74, 6) is 0.795. The molecule has 3 N–H and O–H groups in total. The van der Waals surface area contributed by atoms with E-state index < -0.39 is 0 Å². The summed E-state index contributed by atoms with van der Waals surface area (Å²) in [7, 11) is 0. The van der Waals surface area contributed by atoms with Crippen LogP contribution in [0.25, 0.3) is 15.7 Å². The molecule has 27 heavy (non-hydrogen) atoms. The van der Waals surface area contributed by atoms with Crippen LogP contribution in [0.15, 0.2) is 60.8 Å². The molecule has 0 spiro atoms. The molecule has 1 aromatic carbocycles. The van der Waals surface area contributed by atoms with Gasteiger partial charge in [0.1, 0.15) is 5.82 Å². The quantitative estimate of drug-likeness (QED) is 0.511. The lowest BCUT2D eigenvalue weighted by atomic mass is 10.1. The molecule has 2 rings (SSSR count). The van der Waals surface area contributed by atoms with Crippen LogP contribution < -0.4 is 16.0 Å². The van der Waals surface area contributed by atoms with Crippen molar-refractivity contribution in [3.63, 3.8) is 0 Å². The van der Waals surface area contributed by atoms with Crippen LogP contribution >= 0.6 is 11.8 Å². The third-order valence-electron chi connectivity index (χ3n) is 4.01. The standard InChI is InChI=1S/C22H30N4S/c1-7-23-12-16(4)24-13-17(5)26-22-11-21-10-19(18(6)27-15(2)3)8-9-20(21)14-25-22/h8-11,14,16,23-24H,2,5-7,12-13H2,1,3-4H3,(H,25,26). The van der Waals surface area contributed by atoms with E-state index in [2.05, 4.69) is 72.7 Å². The normalized spacial score (nSPS) is 12.0. The molecule has 0 saturated carbocycles. The molecule has 0 amide bonds. The van der Waals surface area contributed by atoms with Crippen LogP contribution in [0.5, 0.6) is 0 Å². The van der Waals surface area contributed by atoms with Gasteiger partial charge in [-0.15, -0.1) is 0 Å². The van der Waals surface area contributed by atoms with Crippen molar-refractivity contribution in [1.82, 2.24) is 15.6 Å². The van der Waals surface area contributed by atoms with Crippen molar-refractivity contribution in [3.05, 3.63) is 66.4 Å². The van der Waals surface area contributed by atoms with E-state index in [9.17, 15) is 0 Å². The molecule has 0 aliphatic rings. The summed E-state index contributed by atoms with van der Waals surface area (Å²) < 4.78 is 0. The van der Waals surface area contributed by atoms with Gasteiger partial charge in [0, 0.05) is 41.3 Å². The SMILES string of the molecule is C=C(CNC(C)CNCC)Nc1cc2cc(C(=C)SC(=C)C)ccc2cn1. The maximum absolute atomic E-state index is 4.49. The highest BCUT2D eigenvalue weighted by atomic mass is 32.2. The second kappa shape index (κ2) is 10.3. The Balaban J connectivity index is 2.03. The number of hydrogen-bond acceptors (Lipinski definition) is 5. The number of fused-ring (bicyclic) bond motifs is 1. The van der Waals surface area contributed by atoms with Crippen LogP contribution in [0.1, 0.15) is 26.3 Å². The first-order valence-electron chi connectivity index (χ1n) is 9.20. The lowest BCUT2D eigenvalue weighted by molar-refractivity contribution is 0.529. The smallest absolute Gasteiger partial charge is 0.130 e. The Kier molecular flexibility index (Phi) is 8.10. The lowest BCUT2D eigenvalue weighted by Gasteiger charge is -2.16. The summed E-state index contributed by atoms with van der Waals surface area (Å²) in [6, 6.07) is 8.71. The predicted octanol–water partition coefficient (Wildman–Crippen LogP) is 4.99. The Labute approximate surface area is 167 Å². The number of hydrogen-bond donors (Lipinski definition) is 3. The molecule has 2 aromatic rings. The van der Waals surface area contributed by atoms with E-state index in [1.165, 1.54) is 0 Å². The minimum Gasteiger partial charge on any atom is -0.343 e. The molecule has 0 radical (unpaired) electrons. The molecule has 144 valence electrons. The topological polar surface area (TPSA) is 49.0 Å². The van der Waals surface area contributed by atoms with Crippen LogP contribution in [0.4, 0.5) is 5.82 Å². The van der Waals surface area contributed by atoms with Crippen LogP contribution in [-0.2, 0) is 0 Å². The Hall–Kier alpha value is -2.08. The number of nitrogens with one attached hydrogen (secondary N) is 3. The van der Waals surface area contributed by atoms with E-state index in [-0.39, 0.29) is 0 Å². The predicted molar refractivity (Wildman–Crippen MR) is 122 cm³/mol. The molecule has 1 atom stereocenters. The van der Waals surface area contributed by atoms with Gasteiger partial charge in [0.2, 0.25) is 0 Å². The number of anilines is 1. The van der Waals surface area contributed by atoms with E-state index in [1.807, 2.05) is 19.2 Å². The lowest BCUT2D eigenvalue weighted by Crippen LogP contribution is -2.37. The zero-order valence-electron chi connectivity index (χ0n) is 16.6. The van der Waals surface area contributed by atoms with Gasteiger partial charge < -0.3 is 16.0 Å². The molecule has 0 bridgehead atoms. The van der Waals surface area contributed by atoms with Gasteiger partial charge in [-0.25, -0.2) is 4.98 Å². The molecule has 0 aliphatic carbocycles. The van der Waals surface area contributed by atoms with Crippen LogP contribution in [-0.4, -0.2) is 30.7 Å².